The van der Waals surface area contributed by atoms with E-state index >= 15 is 0 Å². The first kappa shape index (κ1) is 16.2. The summed E-state index contributed by atoms with van der Waals surface area (Å²) in [5, 5.41) is 0.986. The van der Waals surface area contributed by atoms with Gasteiger partial charge in [-0.3, -0.25) is 0 Å². The Morgan fingerprint density at radius 1 is 0.778 bits per heavy atom. The van der Waals surface area contributed by atoms with Gasteiger partial charge in [-0.2, -0.15) is 0 Å². The molecule has 1 aliphatic rings. The Bertz CT molecular complexity index is 1210. The lowest BCUT2D eigenvalue weighted by molar-refractivity contribution is 0.544. The molecule has 2 heterocycles. The second kappa shape index (κ2) is 6.60. The number of allylic oxidation sites excluding steroid dienone is 1. The van der Waals surface area contributed by atoms with E-state index in [0.29, 0.717) is 5.58 Å². The molecule has 4 aromatic rings. The zero-order chi connectivity index (χ0) is 18.2. The summed E-state index contributed by atoms with van der Waals surface area (Å²) in [6, 6.07) is 28.2. The molecule has 0 saturated carbocycles. The lowest BCUT2D eigenvalue weighted by Crippen LogP contribution is -2.17. The molecule has 0 saturated heterocycles. The monoisotopic (exact) mass is 368 g/mol. The topological polar surface area (TPSA) is 30.2 Å². The van der Waals surface area contributed by atoms with Crippen molar-refractivity contribution in [1.29, 1.82) is 0 Å². The standard InChI is InChI=1S/C24H16O2S/c25-24-22-19(16-9-3-1-4-10-16)15-21(17-11-5-2-6-12-17)27-23(22)18-13-7-8-14-20(18)26-24/h1-15,19H. The van der Waals surface area contributed by atoms with E-state index in [4.69, 9.17) is 4.42 Å². The molecule has 0 fully saturated rings. The first-order chi connectivity index (χ1) is 13.3. The van der Waals surface area contributed by atoms with Gasteiger partial charge in [0.1, 0.15) is 5.58 Å². The maximum atomic E-state index is 12.9. The van der Waals surface area contributed by atoms with Gasteiger partial charge in [-0.05, 0) is 17.2 Å². The maximum absolute atomic E-state index is 12.9. The lowest BCUT2D eigenvalue weighted by atomic mass is 9.90. The Morgan fingerprint density at radius 2 is 1.44 bits per heavy atom. The third-order valence-electron chi connectivity index (χ3n) is 4.86. The Morgan fingerprint density at radius 3 is 2.22 bits per heavy atom. The van der Waals surface area contributed by atoms with E-state index in [-0.39, 0.29) is 11.5 Å². The quantitative estimate of drug-likeness (QED) is 0.402. The van der Waals surface area contributed by atoms with Gasteiger partial charge in [0.2, 0.25) is 0 Å². The number of fused-ring (bicyclic) bond motifs is 3. The molecule has 3 heteroatoms. The lowest BCUT2D eigenvalue weighted by Gasteiger charge is -2.24. The predicted molar refractivity (Wildman–Crippen MR) is 111 cm³/mol. The van der Waals surface area contributed by atoms with E-state index < -0.39 is 0 Å². The summed E-state index contributed by atoms with van der Waals surface area (Å²) in [7, 11) is 0. The molecule has 1 atom stereocenters. The Balaban J connectivity index is 1.81. The summed E-state index contributed by atoms with van der Waals surface area (Å²) in [5.74, 6) is -0.126. The van der Waals surface area contributed by atoms with E-state index in [1.807, 2.05) is 60.7 Å². The minimum absolute atomic E-state index is 0.126. The number of hydrogen-bond acceptors (Lipinski definition) is 3. The summed E-state index contributed by atoms with van der Waals surface area (Å²) >= 11 is 1.65. The number of thioether (sulfide) groups is 1. The Kier molecular flexibility index (Phi) is 3.95. The number of hydrogen-bond donors (Lipinski definition) is 0. The van der Waals surface area contributed by atoms with Crippen LogP contribution in [0.15, 0.2) is 105 Å². The average molecular weight is 368 g/mol. The van der Waals surface area contributed by atoms with Gasteiger partial charge in [-0.15, -0.1) is 0 Å². The van der Waals surface area contributed by atoms with Crippen LogP contribution < -0.4 is 5.63 Å². The molecule has 27 heavy (non-hydrogen) atoms. The second-order valence-electron chi connectivity index (χ2n) is 6.52. The number of para-hydroxylation sites is 1. The fraction of sp³-hybridized carbons (Fsp3) is 0.0417. The highest BCUT2D eigenvalue weighted by Crippen LogP contribution is 2.48. The minimum atomic E-state index is -0.256. The van der Waals surface area contributed by atoms with Crippen molar-refractivity contribution < 1.29 is 4.42 Å². The van der Waals surface area contributed by atoms with E-state index in [2.05, 4.69) is 30.3 Å². The van der Waals surface area contributed by atoms with Crippen LogP contribution in [0.2, 0.25) is 0 Å². The molecular weight excluding hydrogens is 352 g/mol. The van der Waals surface area contributed by atoms with Crippen LogP contribution in [0.25, 0.3) is 15.9 Å². The van der Waals surface area contributed by atoms with Gasteiger partial charge in [-0.1, -0.05) is 96.7 Å². The Labute approximate surface area is 161 Å². The molecule has 2 nitrogen and oxygen atoms in total. The van der Waals surface area contributed by atoms with Crippen molar-refractivity contribution in [2.75, 3.05) is 0 Å². The molecule has 3 aromatic carbocycles. The zero-order valence-corrected chi connectivity index (χ0v) is 15.3. The number of rotatable bonds is 2. The largest absolute Gasteiger partial charge is 0.422 e. The van der Waals surface area contributed by atoms with Crippen LogP contribution in [0.3, 0.4) is 0 Å². The third kappa shape index (κ3) is 2.81. The average Bonchev–Trinajstić information content (AvgIpc) is 2.74. The van der Waals surface area contributed by atoms with Gasteiger partial charge in [-0.25, -0.2) is 4.79 Å². The summed E-state index contributed by atoms with van der Waals surface area (Å²) < 4.78 is 5.65. The van der Waals surface area contributed by atoms with Crippen molar-refractivity contribution in [2.24, 2.45) is 0 Å². The van der Waals surface area contributed by atoms with E-state index in [1.54, 1.807) is 11.8 Å². The van der Waals surface area contributed by atoms with Crippen LogP contribution in [0.1, 0.15) is 22.6 Å². The van der Waals surface area contributed by atoms with Gasteiger partial charge in [0.15, 0.2) is 0 Å². The molecule has 0 amide bonds. The van der Waals surface area contributed by atoms with Crippen molar-refractivity contribution in [1.82, 2.24) is 0 Å². The summed E-state index contributed by atoms with van der Waals surface area (Å²) in [5.41, 5.74) is 3.36. The van der Waals surface area contributed by atoms with Crippen molar-refractivity contribution >= 4 is 27.6 Å². The van der Waals surface area contributed by atoms with Crippen molar-refractivity contribution in [3.8, 4) is 0 Å². The van der Waals surface area contributed by atoms with Gasteiger partial charge >= 0.3 is 5.63 Å². The van der Waals surface area contributed by atoms with Crippen molar-refractivity contribution in [2.45, 2.75) is 10.8 Å². The molecule has 130 valence electrons. The highest BCUT2D eigenvalue weighted by molar-refractivity contribution is 8.08. The maximum Gasteiger partial charge on any atom is 0.341 e. The van der Waals surface area contributed by atoms with Gasteiger partial charge in [0, 0.05) is 21.1 Å². The van der Waals surface area contributed by atoms with Crippen molar-refractivity contribution in [3.05, 3.63) is 118 Å². The minimum Gasteiger partial charge on any atom is -0.422 e. The van der Waals surface area contributed by atoms with Crippen LogP contribution >= 0.6 is 11.8 Å². The van der Waals surface area contributed by atoms with E-state index in [9.17, 15) is 4.79 Å². The third-order valence-corrected chi connectivity index (χ3v) is 6.09. The van der Waals surface area contributed by atoms with Crippen molar-refractivity contribution in [3.63, 3.8) is 0 Å². The molecule has 0 radical (unpaired) electrons. The zero-order valence-electron chi connectivity index (χ0n) is 14.5. The molecule has 0 N–H and O–H groups in total. The molecule has 1 aromatic heterocycles. The smallest absolute Gasteiger partial charge is 0.341 e. The molecule has 5 rings (SSSR count). The molecule has 0 spiro atoms. The second-order valence-corrected chi connectivity index (χ2v) is 7.57. The van der Waals surface area contributed by atoms with Crippen LogP contribution in [0.5, 0.6) is 0 Å². The van der Waals surface area contributed by atoms with E-state index in [0.717, 1.165) is 31.9 Å². The predicted octanol–water partition coefficient (Wildman–Crippen LogP) is 6.07. The number of benzene rings is 3. The molecule has 0 bridgehead atoms. The van der Waals surface area contributed by atoms with Crippen LogP contribution in [0, 0.1) is 0 Å². The highest BCUT2D eigenvalue weighted by Gasteiger charge is 2.28. The first-order valence-corrected chi connectivity index (χ1v) is 9.69. The Hall–Kier alpha value is -3.04. The summed E-state index contributed by atoms with van der Waals surface area (Å²) in [4.78, 5) is 15.1. The van der Waals surface area contributed by atoms with Crippen LogP contribution in [0.4, 0.5) is 0 Å². The molecule has 1 unspecified atom stereocenters. The summed E-state index contributed by atoms with van der Waals surface area (Å²) in [6.45, 7) is 0. The fourth-order valence-corrected chi connectivity index (χ4v) is 4.85. The highest BCUT2D eigenvalue weighted by atomic mass is 32.2. The van der Waals surface area contributed by atoms with Crippen LogP contribution in [-0.2, 0) is 0 Å². The van der Waals surface area contributed by atoms with Crippen LogP contribution in [-0.4, -0.2) is 0 Å². The molecule has 0 aliphatic carbocycles. The van der Waals surface area contributed by atoms with Gasteiger partial charge in [0.25, 0.3) is 0 Å². The van der Waals surface area contributed by atoms with Gasteiger partial charge in [0.05, 0.1) is 5.56 Å². The SMILES string of the molecule is O=c1oc2ccccc2c2c1C(c1ccccc1)C=C(c1ccccc1)S2. The normalized spacial score (nSPS) is 16.0. The fourth-order valence-electron chi connectivity index (χ4n) is 3.57. The van der Waals surface area contributed by atoms with E-state index in [1.165, 1.54) is 0 Å². The first-order valence-electron chi connectivity index (χ1n) is 8.87. The van der Waals surface area contributed by atoms with Gasteiger partial charge < -0.3 is 4.42 Å². The molecular formula is C24H16O2S. The molecule has 1 aliphatic heterocycles. The summed E-state index contributed by atoms with van der Waals surface area (Å²) in [6.07, 6.45) is 2.18.